The molecule has 0 spiro atoms. The fourth-order valence-electron chi connectivity index (χ4n) is 1.94. The van der Waals surface area contributed by atoms with Gasteiger partial charge in [0.05, 0.1) is 0 Å². The Kier molecular flexibility index (Phi) is 4.77. The summed E-state index contributed by atoms with van der Waals surface area (Å²) in [4.78, 5) is 1.26. The predicted octanol–water partition coefficient (Wildman–Crippen LogP) is 5.53. The van der Waals surface area contributed by atoms with E-state index >= 15 is 0 Å². The summed E-state index contributed by atoms with van der Waals surface area (Å²) >= 11 is 1.86. The van der Waals surface area contributed by atoms with Crippen LogP contribution in [-0.4, -0.2) is 9.85 Å². The van der Waals surface area contributed by atoms with E-state index in [1.54, 1.807) is 0 Å². The van der Waals surface area contributed by atoms with Gasteiger partial charge >= 0.3 is 0 Å². The van der Waals surface area contributed by atoms with Gasteiger partial charge in [-0.15, -0.1) is 11.8 Å². The first-order chi connectivity index (χ1) is 8.11. The molecule has 1 aromatic carbocycles. The van der Waals surface area contributed by atoms with Gasteiger partial charge in [-0.05, 0) is 35.1 Å². The third kappa shape index (κ3) is 3.94. The largest absolute Gasteiger partial charge is 0.507 e. The number of thioether (sulfide) groups is 1. The van der Waals surface area contributed by atoms with Crippen LogP contribution >= 0.6 is 11.8 Å². The van der Waals surface area contributed by atoms with Crippen LogP contribution in [-0.2, 0) is 0 Å². The van der Waals surface area contributed by atoms with Gasteiger partial charge in [-0.2, -0.15) is 0 Å². The van der Waals surface area contributed by atoms with Crippen molar-refractivity contribution in [1.82, 2.24) is 0 Å². The van der Waals surface area contributed by atoms with Gasteiger partial charge in [-0.3, -0.25) is 0 Å². The molecule has 0 radical (unpaired) electrons. The summed E-state index contributed by atoms with van der Waals surface area (Å²) in [5.74, 6) is 1.18. The summed E-state index contributed by atoms with van der Waals surface area (Å²) in [6.45, 7) is 15.2. The summed E-state index contributed by atoms with van der Waals surface area (Å²) in [6, 6.07) is 4.28. The standard InChI is InChI=1S/C16H26OS/c1-10(2)13-8-12(18-16(5,6)7)9-14(11(3)4)15(13)17/h8-11,17H,1-7H3. The first-order valence-corrected chi connectivity index (χ1v) is 7.49. The van der Waals surface area contributed by atoms with Crippen LogP contribution in [0.3, 0.4) is 0 Å². The molecular weight excluding hydrogens is 240 g/mol. The van der Waals surface area contributed by atoms with E-state index in [2.05, 4.69) is 60.6 Å². The Morgan fingerprint density at radius 3 is 1.61 bits per heavy atom. The lowest BCUT2D eigenvalue weighted by Crippen LogP contribution is -2.07. The van der Waals surface area contributed by atoms with Crippen LogP contribution in [0.1, 0.15) is 71.4 Å². The van der Waals surface area contributed by atoms with Crippen LogP contribution < -0.4 is 0 Å². The maximum absolute atomic E-state index is 10.3. The first kappa shape index (κ1) is 15.4. The van der Waals surface area contributed by atoms with Crippen molar-refractivity contribution in [2.24, 2.45) is 0 Å². The fraction of sp³-hybridized carbons (Fsp3) is 0.625. The van der Waals surface area contributed by atoms with Gasteiger partial charge < -0.3 is 5.11 Å². The molecule has 0 aliphatic carbocycles. The molecule has 1 nitrogen and oxygen atoms in total. The van der Waals surface area contributed by atoms with E-state index in [0.717, 1.165) is 11.1 Å². The molecule has 0 aromatic heterocycles. The molecule has 1 aromatic rings. The van der Waals surface area contributed by atoms with Gasteiger partial charge in [-0.25, -0.2) is 0 Å². The molecule has 18 heavy (non-hydrogen) atoms. The molecule has 2 heteroatoms. The highest BCUT2D eigenvalue weighted by Crippen LogP contribution is 2.40. The van der Waals surface area contributed by atoms with Crippen molar-refractivity contribution in [1.29, 1.82) is 0 Å². The van der Waals surface area contributed by atoms with Gasteiger partial charge in [0.25, 0.3) is 0 Å². The van der Waals surface area contributed by atoms with Crippen LogP contribution in [0.15, 0.2) is 17.0 Å². The molecule has 0 amide bonds. The van der Waals surface area contributed by atoms with Crippen LogP contribution in [0.4, 0.5) is 0 Å². The molecule has 0 aliphatic heterocycles. The van der Waals surface area contributed by atoms with Crippen molar-refractivity contribution >= 4 is 11.8 Å². The zero-order chi connectivity index (χ0) is 14.1. The normalized spacial score (nSPS) is 12.5. The molecule has 1 N–H and O–H groups in total. The van der Waals surface area contributed by atoms with Gasteiger partial charge in [-0.1, -0.05) is 48.5 Å². The van der Waals surface area contributed by atoms with Crippen molar-refractivity contribution < 1.29 is 5.11 Å². The molecule has 0 aliphatic rings. The maximum Gasteiger partial charge on any atom is 0.122 e. The highest BCUT2D eigenvalue weighted by atomic mass is 32.2. The number of benzene rings is 1. The average molecular weight is 266 g/mol. The zero-order valence-corrected chi connectivity index (χ0v) is 13.5. The predicted molar refractivity (Wildman–Crippen MR) is 81.9 cm³/mol. The van der Waals surface area contributed by atoms with E-state index in [-0.39, 0.29) is 4.75 Å². The maximum atomic E-state index is 10.3. The van der Waals surface area contributed by atoms with Crippen molar-refractivity contribution in [2.45, 2.75) is 69.9 Å². The number of phenolic OH excluding ortho intramolecular Hbond substituents is 1. The van der Waals surface area contributed by atoms with Crippen LogP contribution in [0.5, 0.6) is 5.75 Å². The number of hydrogen-bond acceptors (Lipinski definition) is 2. The quantitative estimate of drug-likeness (QED) is 0.726. The van der Waals surface area contributed by atoms with E-state index < -0.39 is 0 Å². The molecule has 1 rings (SSSR count). The molecule has 0 unspecified atom stereocenters. The first-order valence-electron chi connectivity index (χ1n) is 6.67. The Labute approximate surface area is 116 Å². The van der Waals surface area contributed by atoms with Gasteiger partial charge in [0, 0.05) is 9.64 Å². The van der Waals surface area contributed by atoms with Gasteiger partial charge in [0.15, 0.2) is 0 Å². The highest BCUT2D eigenvalue weighted by molar-refractivity contribution is 8.00. The number of hydrogen-bond donors (Lipinski definition) is 1. The Morgan fingerprint density at radius 1 is 0.944 bits per heavy atom. The topological polar surface area (TPSA) is 20.2 Å². The third-order valence-electron chi connectivity index (χ3n) is 2.81. The monoisotopic (exact) mass is 266 g/mol. The van der Waals surface area contributed by atoms with Crippen molar-refractivity contribution in [3.05, 3.63) is 23.3 Å². The minimum atomic E-state index is 0.194. The molecule has 0 bridgehead atoms. The summed E-state index contributed by atoms with van der Waals surface area (Å²) in [5, 5.41) is 10.3. The van der Waals surface area contributed by atoms with Crippen molar-refractivity contribution in [2.75, 3.05) is 0 Å². The van der Waals surface area contributed by atoms with Crippen LogP contribution in [0, 0.1) is 0 Å². The Hall–Kier alpha value is -0.630. The van der Waals surface area contributed by atoms with Gasteiger partial charge in [0.2, 0.25) is 0 Å². The van der Waals surface area contributed by atoms with E-state index in [1.807, 2.05) is 11.8 Å². The minimum Gasteiger partial charge on any atom is -0.507 e. The molecule has 0 atom stereocenters. The zero-order valence-electron chi connectivity index (χ0n) is 12.7. The molecule has 0 fully saturated rings. The minimum absolute atomic E-state index is 0.194. The summed E-state index contributed by atoms with van der Waals surface area (Å²) in [7, 11) is 0. The number of aromatic hydroxyl groups is 1. The average Bonchev–Trinajstić information content (AvgIpc) is 2.17. The Balaban J connectivity index is 3.29. The second-order valence-electron chi connectivity index (χ2n) is 6.47. The summed E-state index contributed by atoms with van der Waals surface area (Å²) in [5.41, 5.74) is 2.13. The van der Waals surface area contributed by atoms with E-state index in [1.165, 1.54) is 4.90 Å². The number of rotatable bonds is 3. The number of phenols is 1. The molecule has 102 valence electrons. The Bertz CT molecular complexity index is 385. The van der Waals surface area contributed by atoms with E-state index in [4.69, 9.17) is 0 Å². The summed E-state index contributed by atoms with van der Waals surface area (Å²) < 4.78 is 0.194. The molecule has 0 saturated heterocycles. The Morgan fingerprint density at radius 2 is 1.33 bits per heavy atom. The molecule has 0 heterocycles. The molecular formula is C16H26OS. The van der Waals surface area contributed by atoms with Gasteiger partial charge in [0.1, 0.15) is 5.75 Å². The second kappa shape index (κ2) is 5.56. The third-order valence-corrected chi connectivity index (χ3v) is 3.89. The SMILES string of the molecule is CC(C)c1cc(SC(C)(C)C)cc(C(C)C)c1O. The fourth-order valence-corrected chi connectivity index (χ4v) is 3.02. The molecule has 0 saturated carbocycles. The lowest BCUT2D eigenvalue weighted by atomic mass is 9.94. The lowest BCUT2D eigenvalue weighted by molar-refractivity contribution is 0.453. The van der Waals surface area contributed by atoms with E-state index in [0.29, 0.717) is 17.6 Å². The van der Waals surface area contributed by atoms with Crippen LogP contribution in [0.25, 0.3) is 0 Å². The highest BCUT2D eigenvalue weighted by Gasteiger charge is 2.18. The lowest BCUT2D eigenvalue weighted by Gasteiger charge is -2.22. The van der Waals surface area contributed by atoms with E-state index in [9.17, 15) is 5.11 Å². The second-order valence-corrected chi connectivity index (χ2v) is 8.37. The van der Waals surface area contributed by atoms with Crippen molar-refractivity contribution in [3.63, 3.8) is 0 Å². The summed E-state index contributed by atoms with van der Waals surface area (Å²) in [6.07, 6.45) is 0. The smallest absolute Gasteiger partial charge is 0.122 e. The van der Waals surface area contributed by atoms with Crippen LogP contribution in [0.2, 0.25) is 0 Å². The van der Waals surface area contributed by atoms with Crippen molar-refractivity contribution in [3.8, 4) is 5.75 Å².